The first-order chi connectivity index (χ1) is 11.5. The molecule has 0 aliphatic carbocycles. The highest BCUT2D eigenvalue weighted by Crippen LogP contribution is 2.25. The van der Waals surface area contributed by atoms with Gasteiger partial charge in [-0.05, 0) is 31.0 Å². The summed E-state index contributed by atoms with van der Waals surface area (Å²) in [5.41, 5.74) is 0.825. The van der Waals surface area contributed by atoms with E-state index in [1.54, 1.807) is 19.1 Å². The molecule has 1 aromatic heterocycles. The van der Waals surface area contributed by atoms with Crippen molar-refractivity contribution >= 4 is 28.3 Å². The third-order valence-electron chi connectivity index (χ3n) is 4.70. The SMILES string of the molecule is CC(=O)N(C)C1CCN(c2ccc3cc([N+](=O)[O-])ccc3n2)CC1. The van der Waals surface area contributed by atoms with Gasteiger partial charge in [0.2, 0.25) is 5.91 Å². The van der Waals surface area contributed by atoms with E-state index in [9.17, 15) is 14.9 Å². The number of nitro benzene ring substituents is 1. The van der Waals surface area contributed by atoms with Gasteiger partial charge in [0.1, 0.15) is 5.82 Å². The summed E-state index contributed by atoms with van der Waals surface area (Å²) >= 11 is 0. The van der Waals surface area contributed by atoms with Crippen molar-refractivity contribution in [2.75, 3.05) is 25.0 Å². The normalized spacial score (nSPS) is 15.5. The van der Waals surface area contributed by atoms with Crippen molar-refractivity contribution in [1.29, 1.82) is 0 Å². The summed E-state index contributed by atoms with van der Waals surface area (Å²) in [6, 6.07) is 8.77. The molecule has 2 heterocycles. The molecule has 0 N–H and O–H groups in total. The van der Waals surface area contributed by atoms with E-state index in [1.165, 1.54) is 6.07 Å². The molecule has 0 atom stereocenters. The second-order valence-electron chi connectivity index (χ2n) is 6.15. The van der Waals surface area contributed by atoms with Crippen LogP contribution < -0.4 is 4.90 Å². The molecule has 1 aliphatic heterocycles. The largest absolute Gasteiger partial charge is 0.356 e. The van der Waals surface area contributed by atoms with E-state index in [1.807, 2.05) is 24.1 Å². The summed E-state index contributed by atoms with van der Waals surface area (Å²) in [5, 5.41) is 11.6. The number of hydrogen-bond donors (Lipinski definition) is 0. The second kappa shape index (κ2) is 6.43. The van der Waals surface area contributed by atoms with Gasteiger partial charge in [-0.15, -0.1) is 0 Å². The lowest BCUT2D eigenvalue weighted by Gasteiger charge is -2.37. The van der Waals surface area contributed by atoms with Gasteiger partial charge >= 0.3 is 0 Å². The fourth-order valence-corrected chi connectivity index (χ4v) is 3.13. The maximum Gasteiger partial charge on any atom is 0.270 e. The minimum atomic E-state index is -0.399. The molecule has 2 aromatic rings. The number of nitrogens with zero attached hydrogens (tertiary/aromatic N) is 4. The van der Waals surface area contributed by atoms with Crippen molar-refractivity contribution in [3.05, 3.63) is 40.4 Å². The van der Waals surface area contributed by atoms with E-state index < -0.39 is 4.92 Å². The third kappa shape index (κ3) is 3.15. The van der Waals surface area contributed by atoms with Crippen LogP contribution in [-0.4, -0.2) is 46.9 Å². The fraction of sp³-hybridized carbons (Fsp3) is 0.412. The summed E-state index contributed by atoms with van der Waals surface area (Å²) in [5.74, 6) is 0.971. The molecule has 1 aromatic carbocycles. The number of nitro groups is 1. The van der Waals surface area contributed by atoms with Gasteiger partial charge in [-0.2, -0.15) is 0 Å². The number of anilines is 1. The molecular weight excluding hydrogens is 308 g/mol. The predicted molar refractivity (Wildman–Crippen MR) is 92.1 cm³/mol. The quantitative estimate of drug-likeness (QED) is 0.639. The lowest BCUT2D eigenvalue weighted by atomic mass is 10.0. The Balaban J connectivity index is 1.75. The Labute approximate surface area is 140 Å². The minimum absolute atomic E-state index is 0.0742. The molecule has 0 unspecified atom stereocenters. The van der Waals surface area contributed by atoms with Crippen molar-refractivity contribution in [3.8, 4) is 0 Å². The summed E-state index contributed by atoms with van der Waals surface area (Å²) < 4.78 is 0. The molecule has 0 saturated carbocycles. The zero-order valence-electron chi connectivity index (χ0n) is 13.8. The van der Waals surface area contributed by atoms with Crippen LogP contribution in [0.25, 0.3) is 10.9 Å². The molecule has 3 rings (SSSR count). The van der Waals surface area contributed by atoms with Gasteiger partial charge in [0.05, 0.1) is 10.4 Å². The van der Waals surface area contributed by atoms with Crippen LogP contribution >= 0.6 is 0 Å². The van der Waals surface area contributed by atoms with Crippen LogP contribution in [0, 0.1) is 10.1 Å². The van der Waals surface area contributed by atoms with Gasteiger partial charge in [0, 0.05) is 50.6 Å². The van der Waals surface area contributed by atoms with Crippen LogP contribution in [0.15, 0.2) is 30.3 Å². The number of fused-ring (bicyclic) bond motifs is 1. The Morgan fingerprint density at radius 3 is 2.62 bits per heavy atom. The van der Waals surface area contributed by atoms with Gasteiger partial charge < -0.3 is 9.80 Å². The van der Waals surface area contributed by atoms with Crippen LogP contribution in [0.2, 0.25) is 0 Å². The highest BCUT2D eigenvalue weighted by atomic mass is 16.6. The number of piperidine rings is 1. The Hall–Kier alpha value is -2.70. The molecule has 1 amide bonds. The van der Waals surface area contributed by atoms with Crippen LogP contribution in [0.1, 0.15) is 19.8 Å². The van der Waals surface area contributed by atoms with Gasteiger partial charge in [-0.25, -0.2) is 4.98 Å². The third-order valence-corrected chi connectivity index (χ3v) is 4.70. The van der Waals surface area contributed by atoms with E-state index in [-0.39, 0.29) is 17.6 Å². The molecule has 0 bridgehead atoms. The number of amides is 1. The lowest BCUT2D eigenvalue weighted by molar-refractivity contribution is -0.384. The first-order valence-corrected chi connectivity index (χ1v) is 7.99. The number of carbonyl (C=O) groups is 1. The van der Waals surface area contributed by atoms with Crippen molar-refractivity contribution in [2.45, 2.75) is 25.8 Å². The summed E-state index contributed by atoms with van der Waals surface area (Å²) in [7, 11) is 1.85. The number of hydrogen-bond acceptors (Lipinski definition) is 5. The maximum absolute atomic E-state index is 11.5. The Kier molecular flexibility index (Phi) is 4.33. The highest BCUT2D eigenvalue weighted by Gasteiger charge is 2.24. The van der Waals surface area contributed by atoms with Gasteiger partial charge in [0.15, 0.2) is 0 Å². The topological polar surface area (TPSA) is 79.6 Å². The Morgan fingerprint density at radius 2 is 2.00 bits per heavy atom. The zero-order chi connectivity index (χ0) is 17.3. The zero-order valence-corrected chi connectivity index (χ0v) is 13.8. The standard InChI is InChI=1S/C17H20N4O3/c1-12(22)19(2)14-7-9-20(10-8-14)17-6-3-13-11-15(21(23)24)4-5-16(13)18-17/h3-6,11,14H,7-10H2,1-2H3. The molecular formula is C17H20N4O3. The lowest BCUT2D eigenvalue weighted by Crippen LogP contribution is -2.45. The molecule has 1 saturated heterocycles. The van der Waals surface area contributed by atoms with Crippen molar-refractivity contribution in [1.82, 2.24) is 9.88 Å². The maximum atomic E-state index is 11.5. The van der Waals surface area contributed by atoms with Crippen LogP contribution in [-0.2, 0) is 4.79 Å². The molecule has 7 nitrogen and oxygen atoms in total. The summed E-state index contributed by atoms with van der Waals surface area (Å²) in [6.07, 6.45) is 1.83. The second-order valence-corrected chi connectivity index (χ2v) is 6.15. The Morgan fingerprint density at radius 1 is 1.29 bits per heavy atom. The van der Waals surface area contributed by atoms with Gasteiger partial charge in [-0.3, -0.25) is 14.9 Å². The number of non-ortho nitro benzene ring substituents is 1. The van der Waals surface area contributed by atoms with Crippen LogP contribution in [0.3, 0.4) is 0 Å². The molecule has 0 spiro atoms. The number of rotatable bonds is 3. The van der Waals surface area contributed by atoms with E-state index in [4.69, 9.17) is 0 Å². The van der Waals surface area contributed by atoms with E-state index in [0.29, 0.717) is 0 Å². The average Bonchev–Trinajstić information content (AvgIpc) is 2.60. The van der Waals surface area contributed by atoms with Crippen molar-refractivity contribution in [3.63, 3.8) is 0 Å². The number of aromatic nitrogens is 1. The van der Waals surface area contributed by atoms with Crippen LogP contribution in [0.5, 0.6) is 0 Å². The molecule has 1 fully saturated rings. The fourth-order valence-electron chi connectivity index (χ4n) is 3.13. The van der Waals surface area contributed by atoms with Crippen molar-refractivity contribution in [2.24, 2.45) is 0 Å². The number of carbonyl (C=O) groups excluding carboxylic acids is 1. The summed E-state index contributed by atoms with van der Waals surface area (Å²) in [6.45, 7) is 3.28. The monoisotopic (exact) mass is 328 g/mol. The number of benzene rings is 1. The first kappa shape index (κ1) is 16.2. The Bertz CT molecular complexity index is 784. The van der Waals surface area contributed by atoms with Gasteiger partial charge in [0.25, 0.3) is 5.69 Å². The molecule has 1 aliphatic rings. The smallest absolute Gasteiger partial charge is 0.270 e. The molecule has 7 heteroatoms. The van der Waals surface area contributed by atoms with Crippen molar-refractivity contribution < 1.29 is 9.72 Å². The minimum Gasteiger partial charge on any atom is -0.356 e. The van der Waals surface area contributed by atoms with Crippen LogP contribution in [0.4, 0.5) is 11.5 Å². The first-order valence-electron chi connectivity index (χ1n) is 7.99. The van der Waals surface area contributed by atoms with Gasteiger partial charge in [-0.1, -0.05) is 0 Å². The average molecular weight is 328 g/mol. The number of pyridine rings is 1. The van der Waals surface area contributed by atoms with E-state index >= 15 is 0 Å². The molecule has 24 heavy (non-hydrogen) atoms. The molecule has 0 radical (unpaired) electrons. The van der Waals surface area contributed by atoms with E-state index in [2.05, 4.69) is 9.88 Å². The highest BCUT2D eigenvalue weighted by molar-refractivity contribution is 5.82. The molecule has 126 valence electrons. The van der Waals surface area contributed by atoms with E-state index in [0.717, 1.165) is 42.7 Å². The predicted octanol–water partition coefficient (Wildman–Crippen LogP) is 2.59. The summed E-state index contributed by atoms with van der Waals surface area (Å²) in [4.78, 5) is 30.5.